The Kier molecular flexibility index (Phi) is 4.91. The van der Waals surface area contributed by atoms with Crippen LogP contribution in [0.25, 0.3) is 0 Å². The fraction of sp³-hybridized carbons (Fsp3) is 0.714. The first-order valence-electron chi connectivity index (χ1n) is 6.46. The van der Waals surface area contributed by atoms with Crippen molar-refractivity contribution >= 4 is 11.7 Å². The quantitative estimate of drug-likeness (QED) is 0.428. The van der Waals surface area contributed by atoms with Gasteiger partial charge >= 0.3 is 0 Å². The molecule has 0 bridgehead atoms. The molecule has 0 heterocycles. The Morgan fingerprint density at radius 2 is 1.71 bits per heavy atom. The fourth-order valence-electron chi connectivity index (χ4n) is 2.44. The van der Waals surface area contributed by atoms with E-state index in [1.54, 1.807) is 4.90 Å². The van der Waals surface area contributed by atoms with E-state index in [4.69, 9.17) is 0 Å². The molecule has 0 unspecified atom stereocenters. The molecular weight excluding hydrogens is 214 g/mol. The van der Waals surface area contributed by atoms with Crippen LogP contribution in [-0.2, 0) is 9.59 Å². The number of hydrogen-bond donors (Lipinski definition) is 0. The summed E-state index contributed by atoms with van der Waals surface area (Å²) >= 11 is 0. The molecule has 1 aliphatic carbocycles. The molecule has 0 aromatic carbocycles. The van der Waals surface area contributed by atoms with Crippen LogP contribution < -0.4 is 0 Å². The average Bonchev–Trinajstić information content (AvgIpc) is 2.80. The van der Waals surface area contributed by atoms with E-state index in [-0.39, 0.29) is 11.7 Å². The van der Waals surface area contributed by atoms with E-state index in [9.17, 15) is 9.59 Å². The Labute approximate surface area is 104 Å². The highest BCUT2D eigenvalue weighted by Crippen LogP contribution is 2.24. The van der Waals surface area contributed by atoms with Gasteiger partial charge in [-0.2, -0.15) is 0 Å². The summed E-state index contributed by atoms with van der Waals surface area (Å²) in [5, 5.41) is 0. The van der Waals surface area contributed by atoms with Gasteiger partial charge < -0.3 is 4.90 Å². The van der Waals surface area contributed by atoms with Crippen molar-refractivity contribution in [3.63, 3.8) is 0 Å². The van der Waals surface area contributed by atoms with Gasteiger partial charge in [-0.25, -0.2) is 0 Å². The van der Waals surface area contributed by atoms with Gasteiger partial charge in [0.2, 0.25) is 0 Å². The molecule has 0 N–H and O–H groups in total. The Bertz CT molecular complexity index is 338. The van der Waals surface area contributed by atoms with Crippen LogP contribution in [0, 0.1) is 0 Å². The summed E-state index contributed by atoms with van der Waals surface area (Å²) in [6, 6.07) is 0.321. The third-order valence-corrected chi connectivity index (χ3v) is 3.72. The zero-order valence-electron chi connectivity index (χ0n) is 11.4. The molecule has 1 fully saturated rings. The average molecular weight is 237 g/mol. The van der Waals surface area contributed by atoms with Crippen molar-refractivity contribution in [3.05, 3.63) is 11.1 Å². The molecule has 0 saturated heterocycles. The Morgan fingerprint density at radius 3 is 2.12 bits per heavy atom. The number of likely N-dealkylation sites (N-methyl/N-ethyl adjacent to an activating group) is 1. The molecule has 0 aromatic rings. The summed E-state index contributed by atoms with van der Waals surface area (Å²) in [5.41, 5.74) is 1.29. The van der Waals surface area contributed by atoms with Crippen LogP contribution in [-0.4, -0.2) is 29.7 Å². The number of carbonyl (C=O) groups excluding carboxylic acids is 2. The van der Waals surface area contributed by atoms with E-state index >= 15 is 0 Å². The number of rotatable bonds is 4. The predicted molar refractivity (Wildman–Crippen MR) is 68.7 cm³/mol. The van der Waals surface area contributed by atoms with Crippen molar-refractivity contribution in [3.8, 4) is 0 Å². The number of Topliss-reactive ketones (excluding diaryl/α,β-unsaturated/α-hetero) is 1. The second kappa shape index (κ2) is 5.99. The molecule has 0 aromatic heterocycles. The van der Waals surface area contributed by atoms with Crippen LogP contribution in [0.5, 0.6) is 0 Å². The van der Waals surface area contributed by atoms with Crippen LogP contribution >= 0.6 is 0 Å². The Hall–Kier alpha value is -1.12. The lowest BCUT2D eigenvalue weighted by atomic mass is 10.0. The summed E-state index contributed by atoms with van der Waals surface area (Å²) in [5.74, 6) is -0.206. The largest absolute Gasteiger partial charge is 0.339 e. The molecule has 0 aliphatic heterocycles. The molecule has 3 heteroatoms. The first-order valence-corrected chi connectivity index (χ1v) is 6.46. The van der Waals surface area contributed by atoms with Crippen LogP contribution in [0.4, 0.5) is 0 Å². The summed E-state index contributed by atoms with van der Waals surface area (Å²) < 4.78 is 0. The monoisotopic (exact) mass is 237 g/mol. The van der Waals surface area contributed by atoms with Gasteiger partial charge in [0.1, 0.15) is 0 Å². The molecule has 17 heavy (non-hydrogen) atoms. The van der Waals surface area contributed by atoms with Crippen LogP contribution in [0.15, 0.2) is 11.1 Å². The number of carbonyl (C=O) groups is 2. The topological polar surface area (TPSA) is 37.4 Å². The Balaban J connectivity index is 2.88. The lowest BCUT2D eigenvalue weighted by molar-refractivity contribution is -0.130. The summed E-state index contributed by atoms with van der Waals surface area (Å²) in [4.78, 5) is 25.7. The summed E-state index contributed by atoms with van der Waals surface area (Å²) in [6.07, 6.45) is 5.26. The molecular formula is C14H23NO2. The predicted octanol–water partition coefficient (Wildman–Crippen LogP) is 2.70. The van der Waals surface area contributed by atoms with Crippen molar-refractivity contribution in [2.24, 2.45) is 0 Å². The highest BCUT2D eigenvalue weighted by Gasteiger charge is 2.27. The van der Waals surface area contributed by atoms with Crippen molar-refractivity contribution in [1.29, 1.82) is 0 Å². The van der Waals surface area contributed by atoms with Gasteiger partial charge in [-0.3, -0.25) is 9.59 Å². The first kappa shape index (κ1) is 13.9. The van der Waals surface area contributed by atoms with E-state index in [0.717, 1.165) is 24.8 Å². The molecule has 1 aliphatic rings. The Morgan fingerprint density at radius 1 is 1.18 bits per heavy atom. The van der Waals surface area contributed by atoms with Crippen LogP contribution in [0.1, 0.15) is 52.9 Å². The zero-order valence-corrected chi connectivity index (χ0v) is 11.4. The minimum atomic E-state index is -0.112. The third-order valence-electron chi connectivity index (χ3n) is 3.72. The molecule has 0 atom stereocenters. The minimum absolute atomic E-state index is 0.0937. The first-order chi connectivity index (χ1) is 7.99. The molecule has 0 radical (unpaired) electrons. The maximum atomic E-state index is 12.3. The van der Waals surface area contributed by atoms with Gasteiger partial charge in [0, 0.05) is 13.1 Å². The van der Waals surface area contributed by atoms with Crippen molar-refractivity contribution in [1.82, 2.24) is 4.90 Å². The molecule has 1 saturated carbocycles. The van der Waals surface area contributed by atoms with Crippen molar-refractivity contribution in [2.75, 3.05) is 7.05 Å². The SMILES string of the molecule is CC/C(C)=C(/C(C)=O)C(=O)N(C)C1CCCC1. The fourth-order valence-corrected chi connectivity index (χ4v) is 2.44. The lowest BCUT2D eigenvalue weighted by Gasteiger charge is -2.25. The summed E-state index contributed by atoms with van der Waals surface area (Å²) in [6.45, 7) is 5.33. The zero-order chi connectivity index (χ0) is 13.0. The normalized spacial score (nSPS) is 17.9. The molecule has 96 valence electrons. The molecule has 1 amide bonds. The second-order valence-electron chi connectivity index (χ2n) is 4.92. The standard InChI is InChI=1S/C14H23NO2/c1-5-10(2)13(11(3)16)14(17)15(4)12-8-6-7-9-12/h12H,5-9H2,1-4H3/b13-10-. The van der Waals surface area contributed by atoms with Gasteiger partial charge in [-0.05, 0) is 33.1 Å². The molecule has 1 rings (SSSR count). The number of amides is 1. The number of allylic oxidation sites excluding steroid dienone is 1. The van der Waals surface area contributed by atoms with E-state index in [2.05, 4.69) is 0 Å². The smallest absolute Gasteiger partial charge is 0.257 e. The van der Waals surface area contributed by atoms with E-state index in [0.29, 0.717) is 11.6 Å². The van der Waals surface area contributed by atoms with E-state index < -0.39 is 0 Å². The number of ketones is 1. The van der Waals surface area contributed by atoms with E-state index in [1.165, 1.54) is 19.8 Å². The highest BCUT2D eigenvalue weighted by molar-refractivity contribution is 6.19. The maximum absolute atomic E-state index is 12.3. The summed E-state index contributed by atoms with van der Waals surface area (Å²) in [7, 11) is 1.82. The van der Waals surface area contributed by atoms with Crippen LogP contribution in [0.3, 0.4) is 0 Å². The molecule has 3 nitrogen and oxygen atoms in total. The van der Waals surface area contributed by atoms with Gasteiger partial charge in [-0.1, -0.05) is 25.3 Å². The number of hydrogen-bond acceptors (Lipinski definition) is 2. The number of nitrogens with zero attached hydrogens (tertiary/aromatic N) is 1. The molecule has 0 spiro atoms. The maximum Gasteiger partial charge on any atom is 0.257 e. The van der Waals surface area contributed by atoms with Gasteiger partial charge in [0.15, 0.2) is 5.78 Å². The third kappa shape index (κ3) is 3.18. The van der Waals surface area contributed by atoms with Gasteiger partial charge in [-0.15, -0.1) is 0 Å². The van der Waals surface area contributed by atoms with E-state index in [1.807, 2.05) is 20.9 Å². The van der Waals surface area contributed by atoms with Gasteiger partial charge in [0.05, 0.1) is 5.57 Å². The lowest BCUT2D eigenvalue weighted by Crippen LogP contribution is -2.37. The highest BCUT2D eigenvalue weighted by atomic mass is 16.2. The van der Waals surface area contributed by atoms with Gasteiger partial charge in [0.25, 0.3) is 5.91 Å². The second-order valence-corrected chi connectivity index (χ2v) is 4.92. The van der Waals surface area contributed by atoms with Crippen molar-refractivity contribution in [2.45, 2.75) is 58.9 Å². The van der Waals surface area contributed by atoms with Crippen molar-refractivity contribution < 1.29 is 9.59 Å². The van der Waals surface area contributed by atoms with Crippen LogP contribution in [0.2, 0.25) is 0 Å². The minimum Gasteiger partial charge on any atom is -0.339 e.